The van der Waals surface area contributed by atoms with Gasteiger partial charge in [-0.05, 0) is 63.1 Å². The van der Waals surface area contributed by atoms with Crippen LogP contribution in [-0.2, 0) is 9.59 Å². The molecule has 0 bridgehead atoms. The second kappa shape index (κ2) is 7.33. The third-order valence-corrected chi connectivity index (χ3v) is 5.78. The van der Waals surface area contributed by atoms with E-state index in [1.165, 1.54) is 12.1 Å². The van der Waals surface area contributed by atoms with Crippen molar-refractivity contribution in [3.05, 3.63) is 41.7 Å². The van der Waals surface area contributed by atoms with Crippen molar-refractivity contribution in [3.63, 3.8) is 0 Å². The lowest BCUT2D eigenvalue weighted by Crippen LogP contribution is -2.59. The summed E-state index contributed by atoms with van der Waals surface area (Å²) in [6, 6.07) is 6.46. The van der Waals surface area contributed by atoms with E-state index in [0.717, 1.165) is 37.7 Å². The van der Waals surface area contributed by atoms with E-state index in [2.05, 4.69) is 10.6 Å². The Kier molecular flexibility index (Phi) is 4.89. The summed E-state index contributed by atoms with van der Waals surface area (Å²) in [5.41, 5.74) is 0.694. The van der Waals surface area contributed by atoms with Crippen LogP contribution in [0.2, 0.25) is 0 Å². The van der Waals surface area contributed by atoms with E-state index in [-0.39, 0.29) is 23.7 Å². The van der Waals surface area contributed by atoms with E-state index in [0.29, 0.717) is 31.6 Å². The van der Waals surface area contributed by atoms with Crippen LogP contribution in [0.1, 0.15) is 44.9 Å². The quantitative estimate of drug-likeness (QED) is 0.837. The first-order chi connectivity index (χ1) is 13.1. The number of hydrogen-bond acceptors (Lipinski definition) is 3. The second-order valence-corrected chi connectivity index (χ2v) is 7.88. The monoisotopic (exact) mass is 371 g/mol. The number of hydrogen-bond donors (Lipinski definition) is 2. The van der Waals surface area contributed by atoms with Gasteiger partial charge in [-0.25, -0.2) is 4.39 Å². The summed E-state index contributed by atoms with van der Waals surface area (Å²) >= 11 is 0. The minimum absolute atomic E-state index is 0.0403. The Hall–Kier alpha value is -2.37. The molecule has 6 heteroatoms. The van der Waals surface area contributed by atoms with Gasteiger partial charge in [0.2, 0.25) is 11.8 Å². The predicted octanol–water partition coefficient (Wildman–Crippen LogP) is 2.99. The van der Waals surface area contributed by atoms with E-state index < -0.39 is 5.54 Å². The summed E-state index contributed by atoms with van der Waals surface area (Å²) in [6.45, 7) is 1.05. The number of carbonyl (C=O) groups is 2. The molecule has 1 saturated heterocycles. The van der Waals surface area contributed by atoms with Crippen LogP contribution in [0.15, 0.2) is 35.9 Å². The highest BCUT2D eigenvalue weighted by Crippen LogP contribution is 2.31. The molecule has 1 aliphatic heterocycles. The molecule has 0 radical (unpaired) electrons. The average molecular weight is 371 g/mol. The number of nitrogens with one attached hydrogen (secondary N) is 2. The zero-order valence-electron chi connectivity index (χ0n) is 15.5. The predicted molar refractivity (Wildman–Crippen MR) is 102 cm³/mol. The van der Waals surface area contributed by atoms with Gasteiger partial charge < -0.3 is 15.5 Å². The highest BCUT2D eigenvalue weighted by Gasteiger charge is 2.44. The Bertz CT molecular complexity index is 764. The number of rotatable bonds is 5. The van der Waals surface area contributed by atoms with Gasteiger partial charge in [0, 0.05) is 30.4 Å². The highest BCUT2D eigenvalue weighted by atomic mass is 19.1. The largest absolute Gasteiger partial charge is 0.371 e. The van der Waals surface area contributed by atoms with Crippen molar-refractivity contribution in [1.29, 1.82) is 0 Å². The standard InChI is InChI=1S/C21H26FN3O2/c22-16-6-3-7-18(14-16)24-21(20(27)23-17-8-9-17)10-12-25(13-11-21)19(26)15-4-1-2-5-15/h3-4,6-7,14,17,24H,1-2,5,8-13H2,(H,23,27). The molecule has 27 heavy (non-hydrogen) atoms. The Morgan fingerprint density at radius 3 is 2.59 bits per heavy atom. The first-order valence-corrected chi connectivity index (χ1v) is 9.89. The van der Waals surface area contributed by atoms with Gasteiger partial charge in [-0.1, -0.05) is 12.1 Å². The molecule has 1 heterocycles. The first kappa shape index (κ1) is 18.0. The number of benzene rings is 1. The molecule has 2 aliphatic carbocycles. The topological polar surface area (TPSA) is 61.4 Å². The van der Waals surface area contributed by atoms with Crippen molar-refractivity contribution in [3.8, 4) is 0 Å². The first-order valence-electron chi connectivity index (χ1n) is 9.89. The number of carbonyl (C=O) groups excluding carboxylic acids is 2. The number of halogens is 1. The summed E-state index contributed by atoms with van der Waals surface area (Å²) in [5.74, 6) is -0.269. The van der Waals surface area contributed by atoms with Gasteiger partial charge in [-0.2, -0.15) is 0 Å². The van der Waals surface area contributed by atoms with E-state index in [1.54, 1.807) is 12.1 Å². The molecule has 4 rings (SSSR count). The molecule has 0 atom stereocenters. The van der Waals surface area contributed by atoms with Crippen LogP contribution in [0.4, 0.5) is 10.1 Å². The molecule has 0 spiro atoms. The molecule has 0 aromatic heterocycles. The van der Waals surface area contributed by atoms with Gasteiger partial charge in [0.25, 0.3) is 0 Å². The van der Waals surface area contributed by atoms with E-state index in [1.807, 2.05) is 11.0 Å². The molecule has 1 aromatic carbocycles. The number of likely N-dealkylation sites (tertiary alicyclic amines) is 1. The highest BCUT2D eigenvalue weighted by molar-refractivity contribution is 5.95. The van der Waals surface area contributed by atoms with E-state index in [9.17, 15) is 14.0 Å². The summed E-state index contributed by atoms with van der Waals surface area (Å²) in [6.07, 6.45) is 7.97. The van der Waals surface area contributed by atoms with E-state index >= 15 is 0 Å². The van der Waals surface area contributed by atoms with Crippen LogP contribution in [0.25, 0.3) is 0 Å². The Morgan fingerprint density at radius 2 is 1.96 bits per heavy atom. The van der Waals surface area contributed by atoms with Crippen molar-refractivity contribution in [2.45, 2.75) is 56.5 Å². The Balaban J connectivity index is 1.49. The van der Waals surface area contributed by atoms with Crippen molar-refractivity contribution < 1.29 is 14.0 Å². The molecule has 1 saturated carbocycles. The molecular formula is C21H26FN3O2. The van der Waals surface area contributed by atoms with Crippen LogP contribution in [0.3, 0.4) is 0 Å². The zero-order chi connectivity index (χ0) is 18.9. The maximum absolute atomic E-state index is 13.6. The molecule has 2 amide bonds. The molecular weight excluding hydrogens is 345 g/mol. The van der Waals surface area contributed by atoms with Crippen LogP contribution in [0.5, 0.6) is 0 Å². The van der Waals surface area contributed by atoms with Crippen molar-refractivity contribution in [2.75, 3.05) is 18.4 Å². The molecule has 2 fully saturated rings. The fraction of sp³-hybridized carbons (Fsp3) is 0.524. The van der Waals surface area contributed by atoms with Gasteiger partial charge in [0.05, 0.1) is 0 Å². The summed E-state index contributed by atoms with van der Waals surface area (Å²) in [4.78, 5) is 27.5. The van der Waals surface area contributed by atoms with Crippen molar-refractivity contribution >= 4 is 17.5 Å². The number of piperidine rings is 1. The zero-order valence-corrected chi connectivity index (χ0v) is 15.5. The third-order valence-electron chi connectivity index (χ3n) is 5.78. The van der Waals surface area contributed by atoms with Gasteiger partial charge in [0.15, 0.2) is 0 Å². The molecule has 5 nitrogen and oxygen atoms in total. The average Bonchev–Trinajstić information content (AvgIpc) is 3.31. The lowest BCUT2D eigenvalue weighted by molar-refractivity contribution is -0.133. The summed E-state index contributed by atoms with van der Waals surface area (Å²) in [7, 11) is 0. The van der Waals surface area contributed by atoms with Gasteiger partial charge >= 0.3 is 0 Å². The van der Waals surface area contributed by atoms with Gasteiger partial charge in [0.1, 0.15) is 11.4 Å². The van der Waals surface area contributed by atoms with Crippen molar-refractivity contribution in [1.82, 2.24) is 10.2 Å². The van der Waals surface area contributed by atoms with Gasteiger partial charge in [-0.3, -0.25) is 9.59 Å². The number of amides is 2. The van der Waals surface area contributed by atoms with Crippen LogP contribution in [0, 0.1) is 5.82 Å². The van der Waals surface area contributed by atoms with E-state index in [4.69, 9.17) is 0 Å². The summed E-state index contributed by atoms with van der Waals surface area (Å²) in [5, 5.41) is 6.38. The SMILES string of the molecule is O=C(C1=CCCC1)N1CCC(Nc2cccc(F)c2)(C(=O)NC2CC2)CC1. The maximum atomic E-state index is 13.6. The fourth-order valence-corrected chi connectivity index (χ4v) is 3.96. The fourth-order valence-electron chi connectivity index (χ4n) is 3.96. The molecule has 2 N–H and O–H groups in total. The lowest BCUT2D eigenvalue weighted by Gasteiger charge is -2.42. The molecule has 0 unspecified atom stereocenters. The number of allylic oxidation sites excluding steroid dienone is 1. The van der Waals surface area contributed by atoms with Crippen LogP contribution in [-0.4, -0.2) is 41.4 Å². The minimum Gasteiger partial charge on any atom is -0.371 e. The minimum atomic E-state index is -0.808. The Labute approximate surface area is 159 Å². The molecule has 1 aromatic rings. The van der Waals surface area contributed by atoms with Crippen LogP contribution < -0.4 is 10.6 Å². The maximum Gasteiger partial charge on any atom is 0.249 e. The Morgan fingerprint density at radius 1 is 1.19 bits per heavy atom. The molecule has 144 valence electrons. The smallest absolute Gasteiger partial charge is 0.249 e. The number of nitrogens with zero attached hydrogens (tertiary/aromatic N) is 1. The second-order valence-electron chi connectivity index (χ2n) is 7.88. The normalized spacial score (nSPS) is 21.5. The van der Waals surface area contributed by atoms with Crippen molar-refractivity contribution in [2.24, 2.45) is 0 Å². The molecule has 3 aliphatic rings. The van der Waals surface area contributed by atoms with Gasteiger partial charge in [-0.15, -0.1) is 0 Å². The van der Waals surface area contributed by atoms with Crippen LogP contribution >= 0.6 is 0 Å². The lowest BCUT2D eigenvalue weighted by atomic mass is 9.85. The third kappa shape index (κ3) is 3.99. The number of anilines is 1. The summed E-state index contributed by atoms with van der Waals surface area (Å²) < 4.78 is 13.6.